The number of nitrogens with one attached hydrogen (secondary N) is 1. The van der Waals surface area contributed by atoms with Gasteiger partial charge in [-0.25, -0.2) is 4.98 Å². The molecule has 0 aliphatic rings. The normalized spacial score (nSPS) is 10.4. The molecule has 0 bridgehead atoms. The van der Waals surface area contributed by atoms with Crippen molar-refractivity contribution in [2.45, 2.75) is 26.8 Å². The molecule has 0 atom stereocenters. The summed E-state index contributed by atoms with van der Waals surface area (Å²) in [5.41, 5.74) is 2.09. The van der Waals surface area contributed by atoms with Crippen LogP contribution in [0.1, 0.15) is 25.1 Å². The molecule has 1 aromatic carbocycles. The summed E-state index contributed by atoms with van der Waals surface area (Å²) in [5.74, 6) is 1.80. The van der Waals surface area contributed by atoms with E-state index in [0.29, 0.717) is 23.9 Å². The molecule has 0 unspecified atom stereocenters. The lowest BCUT2D eigenvalue weighted by molar-refractivity contribution is 0.373. The first-order valence-corrected chi connectivity index (χ1v) is 7.13. The third kappa shape index (κ3) is 4.16. The molecule has 5 heteroatoms. The Morgan fingerprint density at radius 1 is 1.10 bits per heavy atom. The largest absolute Gasteiger partial charge is 0.493 e. The minimum Gasteiger partial charge on any atom is -0.493 e. The topological polar surface area (TPSA) is 56.3 Å². The Balaban J connectivity index is 2.10. The molecule has 1 aromatic heterocycles. The highest BCUT2D eigenvalue weighted by Crippen LogP contribution is 2.31. The quantitative estimate of drug-likeness (QED) is 0.848. The van der Waals surface area contributed by atoms with Crippen molar-refractivity contribution in [2.24, 2.45) is 0 Å². The highest BCUT2D eigenvalue weighted by molar-refractivity contribution is 5.44. The molecule has 0 aliphatic carbocycles. The predicted octanol–water partition coefficient (Wildman–Crippen LogP) is 2.95. The maximum Gasteiger partial charge on any atom is 0.238 e. The van der Waals surface area contributed by atoms with E-state index in [-0.39, 0.29) is 0 Å². The van der Waals surface area contributed by atoms with Gasteiger partial charge in [-0.15, -0.1) is 0 Å². The molecule has 5 nitrogen and oxygen atoms in total. The van der Waals surface area contributed by atoms with Crippen molar-refractivity contribution >= 4 is 0 Å². The van der Waals surface area contributed by atoms with E-state index in [9.17, 15) is 0 Å². The number of rotatable bonds is 7. The summed E-state index contributed by atoms with van der Waals surface area (Å²) in [6.07, 6.45) is 4.29. The first-order chi connectivity index (χ1) is 10.3. The van der Waals surface area contributed by atoms with Crippen molar-refractivity contribution in [3.8, 4) is 17.4 Å². The van der Waals surface area contributed by atoms with E-state index in [1.807, 2.05) is 18.2 Å². The number of nitrogens with zero attached hydrogens (tertiary/aromatic N) is 2. The highest BCUT2D eigenvalue weighted by Gasteiger charge is 2.07. The lowest BCUT2D eigenvalue weighted by Gasteiger charge is -2.11. The number of methoxy groups -OCH3 is 1. The number of benzene rings is 1. The fourth-order valence-corrected chi connectivity index (χ4v) is 1.87. The molecule has 0 radical (unpaired) electrons. The second kappa shape index (κ2) is 7.59. The van der Waals surface area contributed by atoms with Crippen LogP contribution in [-0.4, -0.2) is 23.6 Å². The van der Waals surface area contributed by atoms with Crippen molar-refractivity contribution in [3.63, 3.8) is 0 Å². The molecule has 21 heavy (non-hydrogen) atoms. The SMILES string of the molecule is CCNCc1cnc(Oc2ccc(CC)cc2OC)cn1. The van der Waals surface area contributed by atoms with Gasteiger partial charge in [-0.1, -0.05) is 19.9 Å². The van der Waals surface area contributed by atoms with Gasteiger partial charge in [0.15, 0.2) is 11.5 Å². The molecule has 1 N–H and O–H groups in total. The molecule has 0 fully saturated rings. The van der Waals surface area contributed by atoms with Crippen LogP contribution >= 0.6 is 0 Å². The van der Waals surface area contributed by atoms with E-state index >= 15 is 0 Å². The molecule has 0 spiro atoms. The first-order valence-electron chi connectivity index (χ1n) is 7.13. The molecular formula is C16H21N3O2. The average Bonchev–Trinajstić information content (AvgIpc) is 2.54. The Kier molecular flexibility index (Phi) is 5.51. The summed E-state index contributed by atoms with van der Waals surface area (Å²) in [5, 5.41) is 3.20. The Bertz CT molecular complexity index is 570. The fraction of sp³-hybridized carbons (Fsp3) is 0.375. The van der Waals surface area contributed by atoms with Crippen LogP contribution in [0.15, 0.2) is 30.6 Å². The van der Waals surface area contributed by atoms with Gasteiger partial charge in [0.2, 0.25) is 5.88 Å². The Hall–Kier alpha value is -2.14. The van der Waals surface area contributed by atoms with Crippen LogP contribution in [0.25, 0.3) is 0 Å². The van der Waals surface area contributed by atoms with Gasteiger partial charge < -0.3 is 14.8 Å². The maximum absolute atomic E-state index is 5.74. The van der Waals surface area contributed by atoms with Gasteiger partial charge in [0.25, 0.3) is 0 Å². The minimum absolute atomic E-state index is 0.456. The number of hydrogen-bond donors (Lipinski definition) is 1. The van der Waals surface area contributed by atoms with Crippen LogP contribution in [0.5, 0.6) is 17.4 Å². The van der Waals surface area contributed by atoms with Gasteiger partial charge in [0.05, 0.1) is 25.2 Å². The maximum atomic E-state index is 5.74. The van der Waals surface area contributed by atoms with E-state index in [0.717, 1.165) is 18.7 Å². The van der Waals surface area contributed by atoms with Crippen LogP contribution in [0.4, 0.5) is 0 Å². The van der Waals surface area contributed by atoms with Crippen molar-refractivity contribution in [1.29, 1.82) is 0 Å². The molecule has 0 amide bonds. The molecule has 0 saturated heterocycles. The Morgan fingerprint density at radius 2 is 1.95 bits per heavy atom. The average molecular weight is 287 g/mol. The first kappa shape index (κ1) is 15.3. The summed E-state index contributed by atoms with van der Waals surface area (Å²) < 4.78 is 11.1. The standard InChI is InChI=1S/C16H21N3O2/c1-4-12-6-7-14(15(8-12)20-3)21-16-11-18-13(10-19-16)9-17-5-2/h6-8,10-11,17H,4-5,9H2,1-3H3. The van der Waals surface area contributed by atoms with Gasteiger partial charge in [0.1, 0.15) is 0 Å². The van der Waals surface area contributed by atoms with Crippen LogP contribution in [-0.2, 0) is 13.0 Å². The van der Waals surface area contributed by atoms with Crippen LogP contribution in [0.2, 0.25) is 0 Å². The fourth-order valence-electron chi connectivity index (χ4n) is 1.87. The van der Waals surface area contributed by atoms with E-state index < -0.39 is 0 Å². The lowest BCUT2D eigenvalue weighted by atomic mass is 10.1. The number of aryl methyl sites for hydroxylation is 1. The lowest BCUT2D eigenvalue weighted by Crippen LogP contribution is -2.13. The Labute approximate surface area is 125 Å². The van der Waals surface area contributed by atoms with Gasteiger partial charge in [0, 0.05) is 6.54 Å². The second-order valence-corrected chi connectivity index (χ2v) is 4.57. The molecule has 2 rings (SSSR count). The Morgan fingerprint density at radius 3 is 2.57 bits per heavy atom. The second-order valence-electron chi connectivity index (χ2n) is 4.57. The highest BCUT2D eigenvalue weighted by atomic mass is 16.5. The van der Waals surface area contributed by atoms with Gasteiger partial charge in [-0.05, 0) is 30.7 Å². The monoisotopic (exact) mass is 287 g/mol. The van der Waals surface area contributed by atoms with Crippen molar-refractivity contribution in [3.05, 3.63) is 41.9 Å². The zero-order valence-corrected chi connectivity index (χ0v) is 12.7. The molecule has 2 aromatic rings. The molecule has 112 valence electrons. The summed E-state index contributed by atoms with van der Waals surface area (Å²) in [6.45, 7) is 5.76. The van der Waals surface area contributed by atoms with Gasteiger partial charge in [-0.3, -0.25) is 4.98 Å². The van der Waals surface area contributed by atoms with Crippen molar-refractivity contribution in [1.82, 2.24) is 15.3 Å². The van der Waals surface area contributed by atoms with E-state index in [1.54, 1.807) is 19.5 Å². The summed E-state index contributed by atoms with van der Waals surface area (Å²) in [4.78, 5) is 8.58. The number of hydrogen-bond acceptors (Lipinski definition) is 5. The van der Waals surface area contributed by atoms with Gasteiger partial charge in [-0.2, -0.15) is 0 Å². The molecule has 0 aliphatic heterocycles. The zero-order valence-electron chi connectivity index (χ0n) is 12.7. The summed E-state index contributed by atoms with van der Waals surface area (Å²) in [6, 6.07) is 5.89. The van der Waals surface area contributed by atoms with Gasteiger partial charge >= 0.3 is 0 Å². The predicted molar refractivity (Wildman–Crippen MR) is 81.9 cm³/mol. The molecule has 0 saturated carbocycles. The third-order valence-electron chi connectivity index (χ3n) is 3.09. The van der Waals surface area contributed by atoms with Crippen molar-refractivity contribution in [2.75, 3.05) is 13.7 Å². The van der Waals surface area contributed by atoms with Crippen molar-refractivity contribution < 1.29 is 9.47 Å². The number of aromatic nitrogens is 2. The summed E-state index contributed by atoms with van der Waals surface area (Å²) in [7, 11) is 1.63. The zero-order chi connectivity index (χ0) is 15.1. The smallest absolute Gasteiger partial charge is 0.238 e. The molecule has 1 heterocycles. The van der Waals surface area contributed by atoms with Crippen LogP contribution < -0.4 is 14.8 Å². The number of ether oxygens (including phenoxy) is 2. The minimum atomic E-state index is 0.456. The van der Waals surface area contributed by atoms with E-state index in [4.69, 9.17) is 9.47 Å². The van der Waals surface area contributed by atoms with Crippen LogP contribution in [0, 0.1) is 0 Å². The van der Waals surface area contributed by atoms with E-state index in [1.165, 1.54) is 5.56 Å². The summed E-state index contributed by atoms with van der Waals surface area (Å²) >= 11 is 0. The molecular weight excluding hydrogens is 266 g/mol. The third-order valence-corrected chi connectivity index (χ3v) is 3.09. The van der Waals surface area contributed by atoms with E-state index in [2.05, 4.69) is 29.1 Å². The van der Waals surface area contributed by atoms with Crippen LogP contribution in [0.3, 0.4) is 0 Å².